The maximum atomic E-state index is 12.7. The van der Waals surface area contributed by atoms with Crippen molar-refractivity contribution in [3.05, 3.63) is 46.1 Å². The molecule has 0 aliphatic heterocycles. The minimum atomic E-state index is -4.50. The maximum Gasteiger partial charge on any atom is 0.416 e. The second-order valence-electron chi connectivity index (χ2n) is 4.04. The van der Waals surface area contributed by atoms with Gasteiger partial charge in [0.25, 0.3) is 0 Å². The summed E-state index contributed by atoms with van der Waals surface area (Å²) in [5, 5.41) is 2.78. The van der Waals surface area contributed by atoms with E-state index in [9.17, 15) is 13.2 Å². The van der Waals surface area contributed by atoms with E-state index in [1.54, 1.807) is 12.1 Å². The van der Waals surface area contributed by atoms with Gasteiger partial charge in [-0.15, -0.1) is 0 Å². The maximum absolute atomic E-state index is 12.7. The number of rotatable bonds is 3. The van der Waals surface area contributed by atoms with Gasteiger partial charge in [0.2, 0.25) is 0 Å². The normalized spacial score (nSPS) is 11.3. The lowest BCUT2D eigenvalue weighted by atomic mass is 10.2. The van der Waals surface area contributed by atoms with Crippen molar-refractivity contribution in [3.8, 4) is 5.75 Å². The highest BCUT2D eigenvalue weighted by atomic mass is 35.5. The number of nitrogens with zero attached hydrogens (tertiary/aromatic N) is 1. The molecule has 8 heteroatoms. The summed E-state index contributed by atoms with van der Waals surface area (Å²) in [6.07, 6.45) is -4.50. The van der Waals surface area contributed by atoms with Crippen LogP contribution in [-0.4, -0.2) is 12.1 Å². The summed E-state index contributed by atoms with van der Waals surface area (Å²) in [4.78, 5) is 3.79. The van der Waals surface area contributed by atoms with Crippen LogP contribution in [0.3, 0.4) is 0 Å². The second-order valence-corrected chi connectivity index (χ2v) is 4.83. The zero-order chi connectivity index (χ0) is 15.6. The molecule has 3 nitrogen and oxygen atoms in total. The Bertz CT molecular complexity index is 662. The van der Waals surface area contributed by atoms with Gasteiger partial charge in [0.05, 0.1) is 17.7 Å². The lowest BCUT2D eigenvalue weighted by Crippen LogP contribution is -2.06. The topological polar surface area (TPSA) is 34.1 Å². The van der Waals surface area contributed by atoms with Gasteiger partial charge in [0, 0.05) is 5.69 Å². The summed E-state index contributed by atoms with van der Waals surface area (Å²) in [5.74, 6) is 0.424. The van der Waals surface area contributed by atoms with Gasteiger partial charge in [0.1, 0.15) is 16.7 Å². The first-order valence-electron chi connectivity index (χ1n) is 5.65. The minimum Gasteiger partial charge on any atom is -0.495 e. The standard InChI is InChI=1S/C13H9Cl2F3N2O/c1-21-10-3-2-8(6-9(10)14)19-12-5-7(13(16,17)18)4-11(15)20-12/h2-6H,1H3,(H,19,20). The van der Waals surface area contributed by atoms with Crippen molar-refractivity contribution >= 4 is 34.7 Å². The highest BCUT2D eigenvalue weighted by Gasteiger charge is 2.31. The number of aromatic nitrogens is 1. The highest BCUT2D eigenvalue weighted by Crippen LogP contribution is 2.33. The molecule has 21 heavy (non-hydrogen) atoms. The summed E-state index contributed by atoms with van der Waals surface area (Å²) in [6.45, 7) is 0. The van der Waals surface area contributed by atoms with Gasteiger partial charge >= 0.3 is 6.18 Å². The number of halogens is 5. The number of nitrogens with one attached hydrogen (secondary N) is 1. The third-order valence-corrected chi connectivity index (χ3v) is 3.03. The predicted molar refractivity (Wildman–Crippen MR) is 75.5 cm³/mol. The van der Waals surface area contributed by atoms with E-state index in [2.05, 4.69) is 10.3 Å². The summed E-state index contributed by atoms with van der Waals surface area (Å²) >= 11 is 11.5. The van der Waals surface area contributed by atoms with E-state index in [-0.39, 0.29) is 11.0 Å². The Labute approximate surface area is 128 Å². The van der Waals surface area contributed by atoms with Crippen molar-refractivity contribution in [2.75, 3.05) is 12.4 Å². The Morgan fingerprint density at radius 1 is 1.14 bits per heavy atom. The molecule has 0 radical (unpaired) electrons. The molecule has 112 valence electrons. The number of methoxy groups -OCH3 is 1. The smallest absolute Gasteiger partial charge is 0.416 e. The number of hydrogen-bond acceptors (Lipinski definition) is 3. The fraction of sp³-hybridized carbons (Fsp3) is 0.154. The van der Waals surface area contributed by atoms with Crippen LogP contribution in [0.1, 0.15) is 5.56 Å². The van der Waals surface area contributed by atoms with Crippen molar-refractivity contribution in [2.45, 2.75) is 6.18 Å². The fourth-order valence-corrected chi connectivity index (χ4v) is 2.08. The van der Waals surface area contributed by atoms with Gasteiger partial charge in [-0.1, -0.05) is 23.2 Å². The van der Waals surface area contributed by atoms with Crippen LogP contribution in [0.25, 0.3) is 0 Å². The zero-order valence-electron chi connectivity index (χ0n) is 10.6. The fourth-order valence-electron chi connectivity index (χ4n) is 1.62. The molecule has 2 aromatic rings. The SMILES string of the molecule is COc1ccc(Nc2cc(C(F)(F)F)cc(Cl)n2)cc1Cl. The zero-order valence-corrected chi connectivity index (χ0v) is 12.1. The van der Waals surface area contributed by atoms with E-state index in [0.29, 0.717) is 16.5 Å². The van der Waals surface area contributed by atoms with E-state index < -0.39 is 11.7 Å². The number of ether oxygens (including phenoxy) is 1. The monoisotopic (exact) mass is 336 g/mol. The van der Waals surface area contributed by atoms with E-state index in [0.717, 1.165) is 12.1 Å². The number of hydrogen-bond donors (Lipinski definition) is 1. The third-order valence-electron chi connectivity index (χ3n) is 2.55. The summed E-state index contributed by atoms with van der Waals surface area (Å²) in [6, 6.07) is 6.31. The molecule has 0 aliphatic rings. The van der Waals surface area contributed by atoms with E-state index in [1.165, 1.54) is 13.2 Å². The van der Waals surface area contributed by atoms with E-state index >= 15 is 0 Å². The van der Waals surface area contributed by atoms with Crippen LogP contribution in [0, 0.1) is 0 Å². The lowest BCUT2D eigenvalue weighted by Gasteiger charge is -2.11. The molecule has 1 aromatic heterocycles. The molecule has 1 aromatic carbocycles. The highest BCUT2D eigenvalue weighted by molar-refractivity contribution is 6.32. The van der Waals surface area contributed by atoms with Crippen LogP contribution in [0.2, 0.25) is 10.2 Å². The van der Waals surface area contributed by atoms with Gasteiger partial charge in [-0.3, -0.25) is 0 Å². The molecule has 0 aliphatic carbocycles. The van der Waals surface area contributed by atoms with Gasteiger partial charge in [-0.2, -0.15) is 13.2 Å². The number of alkyl halides is 3. The van der Waals surface area contributed by atoms with Crippen LogP contribution in [-0.2, 0) is 6.18 Å². The lowest BCUT2D eigenvalue weighted by molar-refractivity contribution is -0.137. The summed E-state index contributed by atoms with van der Waals surface area (Å²) < 4.78 is 43.1. The van der Waals surface area contributed by atoms with Crippen molar-refractivity contribution in [1.82, 2.24) is 4.98 Å². The van der Waals surface area contributed by atoms with Gasteiger partial charge in [-0.05, 0) is 30.3 Å². The molecule has 0 bridgehead atoms. The van der Waals surface area contributed by atoms with Crippen LogP contribution in [0.15, 0.2) is 30.3 Å². The van der Waals surface area contributed by atoms with E-state index in [4.69, 9.17) is 27.9 Å². The first-order valence-corrected chi connectivity index (χ1v) is 6.40. The molecular formula is C13H9Cl2F3N2O. The molecule has 0 saturated heterocycles. The molecular weight excluding hydrogens is 328 g/mol. The van der Waals surface area contributed by atoms with Crippen LogP contribution >= 0.6 is 23.2 Å². The van der Waals surface area contributed by atoms with Crippen molar-refractivity contribution in [1.29, 1.82) is 0 Å². The Kier molecular flexibility index (Phi) is 4.49. The second kappa shape index (κ2) is 5.99. The molecule has 0 amide bonds. The number of pyridine rings is 1. The predicted octanol–water partition coefficient (Wildman–Crippen LogP) is 5.16. The molecule has 0 unspecified atom stereocenters. The van der Waals surface area contributed by atoms with Crippen molar-refractivity contribution in [2.24, 2.45) is 0 Å². The number of benzene rings is 1. The molecule has 2 rings (SSSR count). The first-order chi connectivity index (χ1) is 9.79. The van der Waals surface area contributed by atoms with E-state index in [1.807, 2.05) is 0 Å². The Hall–Kier alpha value is -1.66. The molecule has 1 heterocycles. The molecule has 1 N–H and O–H groups in total. The van der Waals surface area contributed by atoms with Gasteiger partial charge in [-0.25, -0.2) is 4.98 Å². The average molecular weight is 337 g/mol. The number of anilines is 2. The third kappa shape index (κ3) is 3.92. The summed E-state index contributed by atoms with van der Waals surface area (Å²) in [5.41, 5.74) is -0.423. The minimum absolute atomic E-state index is 0.0314. The quantitative estimate of drug-likeness (QED) is 0.786. The molecule has 0 spiro atoms. The van der Waals surface area contributed by atoms with Crippen LogP contribution in [0.5, 0.6) is 5.75 Å². The molecule has 0 atom stereocenters. The first kappa shape index (κ1) is 15.7. The van der Waals surface area contributed by atoms with Crippen molar-refractivity contribution in [3.63, 3.8) is 0 Å². The summed E-state index contributed by atoms with van der Waals surface area (Å²) in [7, 11) is 1.46. The Morgan fingerprint density at radius 2 is 1.86 bits per heavy atom. The average Bonchev–Trinajstić information content (AvgIpc) is 2.37. The largest absolute Gasteiger partial charge is 0.495 e. The Balaban J connectivity index is 2.31. The molecule has 0 fully saturated rings. The Morgan fingerprint density at radius 3 is 2.43 bits per heavy atom. The van der Waals surface area contributed by atoms with Crippen molar-refractivity contribution < 1.29 is 17.9 Å². The van der Waals surface area contributed by atoms with Crippen LogP contribution < -0.4 is 10.1 Å². The van der Waals surface area contributed by atoms with Crippen LogP contribution in [0.4, 0.5) is 24.7 Å². The van der Waals surface area contributed by atoms with Gasteiger partial charge < -0.3 is 10.1 Å². The van der Waals surface area contributed by atoms with Gasteiger partial charge in [0.15, 0.2) is 0 Å². The molecule has 0 saturated carbocycles.